The van der Waals surface area contributed by atoms with Crippen LogP contribution in [0.1, 0.15) is 54.1 Å². The Morgan fingerprint density at radius 3 is 2.91 bits per heavy atom. The molecule has 4 nitrogen and oxygen atoms in total. The molecule has 0 saturated carbocycles. The second kappa shape index (κ2) is 6.56. The molecule has 0 bridgehead atoms. The highest BCUT2D eigenvalue weighted by molar-refractivity contribution is 7.11. The van der Waals surface area contributed by atoms with Gasteiger partial charge in [0.05, 0.1) is 11.3 Å². The zero-order valence-corrected chi connectivity index (χ0v) is 14.1. The monoisotopic (exact) mass is 322 g/mol. The molecule has 3 heterocycles. The predicted octanol–water partition coefficient (Wildman–Crippen LogP) is 2.84. The van der Waals surface area contributed by atoms with E-state index in [-0.39, 0.29) is 5.60 Å². The van der Waals surface area contributed by atoms with Gasteiger partial charge in [-0.2, -0.15) is 0 Å². The zero-order valence-electron chi connectivity index (χ0n) is 13.2. The highest BCUT2D eigenvalue weighted by atomic mass is 32.1. The van der Waals surface area contributed by atoms with Crippen LogP contribution in [0, 0.1) is 0 Å². The van der Waals surface area contributed by atoms with Crippen molar-refractivity contribution in [3.8, 4) is 0 Å². The van der Waals surface area contributed by atoms with Crippen molar-refractivity contribution in [3.05, 3.63) is 15.6 Å². The molecule has 1 aromatic rings. The van der Waals surface area contributed by atoms with E-state index in [0.29, 0.717) is 6.04 Å². The Morgan fingerprint density at radius 1 is 1.18 bits per heavy atom. The van der Waals surface area contributed by atoms with E-state index in [2.05, 4.69) is 5.32 Å². The van der Waals surface area contributed by atoms with E-state index < -0.39 is 0 Å². The van der Waals surface area contributed by atoms with Crippen molar-refractivity contribution in [2.75, 3.05) is 19.8 Å². The number of thiazole rings is 1. The van der Waals surface area contributed by atoms with Gasteiger partial charge in [0.25, 0.3) is 0 Å². The number of aryl methyl sites for hydroxylation is 2. The van der Waals surface area contributed by atoms with Gasteiger partial charge >= 0.3 is 0 Å². The summed E-state index contributed by atoms with van der Waals surface area (Å²) in [6.07, 6.45) is 9.43. The minimum Gasteiger partial charge on any atom is -0.381 e. The average Bonchev–Trinajstić information content (AvgIpc) is 2.97. The molecule has 3 aliphatic rings. The van der Waals surface area contributed by atoms with Gasteiger partial charge in [-0.1, -0.05) is 0 Å². The van der Waals surface area contributed by atoms with Crippen LogP contribution in [-0.4, -0.2) is 36.4 Å². The third-order valence-electron chi connectivity index (χ3n) is 5.33. The number of aromatic nitrogens is 1. The summed E-state index contributed by atoms with van der Waals surface area (Å²) in [6, 6.07) is 0.563. The molecular formula is C17H26N2O2S. The molecule has 0 aromatic carbocycles. The standard InChI is InChI=1S/C17H26N2O2S/c1-2-4-15-14(3-1)19-16(22-15)12-18-13-5-8-21-17(11-13)6-9-20-10-7-17/h13,18H,1-12H2/t13-/m1/s1. The molecule has 122 valence electrons. The lowest BCUT2D eigenvalue weighted by molar-refractivity contribution is -0.140. The van der Waals surface area contributed by atoms with Gasteiger partial charge in [0, 0.05) is 37.3 Å². The maximum atomic E-state index is 6.12. The molecule has 1 N–H and O–H groups in total. The minimum absolute atomic E-state index is 0.0796. The fraction of sp³-hybridized carbons (Fsp3) is 0.824. The Balaban J connectivity index is 1.34. The van der Waals surface area contributed by atoms with Gasteiger partial charge in [-0.3, -0.25) is 0 Å². The lowest BCUT2D eigenvalue weighted by Crippen LogP contribution is -2.49. The first-order valence-electron chi connectivity index (χ1n) is 8.76. The number of nitrogens with zero attached hydrogens (tertiary/aromatic N) is 1. The number of rotatable bonds is 3. The Morgan fingerprint density at radius 2 is 2.05 bits per heavy atom. The van der Waals surface area contributed by atoms with Crippen LogP contribution < -0.4 is 5.32 Å². The average molecular weight is 322 g/mol. The molecular weight excluding hydrogens is 296 g/mol. The second-order valence-electron chi connectivity index (χ2n) is 6.90. The largest absolute Gasteiger partial charge is 0.381 e. The number of hydrogen-bond donors (Lipinski definition) is 1. The first kappa shape index (κ1) is 15.1. The molecule has 0 amide bonds. The minimum atomic E-state index is 0.0796. The SMILES string of the molecule is C1CCc2sc(CN[C@@H]3CCOC4(CCOCC4)C3)nc2C1. The first-order valence-corrected chi connectivity index (χ1v) is 9.57. The Bertz CT molecular complexity index is 482. The fourth-order valence-corrected chi connectivity index (χ4v) is 5.11. The smallest absolute Gasteiger partial charge is 0.107 e. The first-order chi connectivity index (χ1) is 10.8. The Kier molecular flexibility index (Phi) is 4.49. The summed E-state index contributed by atoms with van der Waals surface area (Å²) < 4.78 is 11.6. The summed E-state index contributed by atoms with van der Waals surface area (Å²) in [6.45, 7) is 3.51. The number of ether oxygens (including phenoxy) is 2. The Labute approximate surface area is 136 Å². The van der Waals surface area contributed by atoms with Gasteiger partial charge < -0.3 is 14.8 Å². The van der Waals surface area contributed by atoms with E-state index in [1.54, 1.807) is 0 Å². The van der Waals surface area contributed by atoms with Gasteiger partial charge in [-0.25, -0.2) is 4.98 Å². The van der Waals surface area contributed by atoms with Crippen molar-refractivity contribution in [2.45, 2.75) is 69.6 Å². The van der Waals surface area contributed by atoms with Crippen LogP contribution in [0.4, 0.5) is 0 Å². The Hall–Kier alpha value is -0.490. The van der Waals surface area contributed by atoms with E-state index >= 15 is 0 Å². The summed E-state index contributed by atoms with van der Waals surface area (Å²) in [5.74, 6) is 0. The molecule has 1 aliphatic carbocycles. The van der Waals surface area contributed by atoms with Crippen molar-refractivity contribution in [2.24, 2.45) is 0 Å². The van der Waals surface area contributed by atoms with E-state index in [0.717, 1.165) is 52.0 Å². The van der Waals surface area contributed by atoms with Crippen LogP contribution in [0.15, 0.2) is 0 Å². The van der Waals surface area contributed by atoms with Crippen LogP contribution in [0.25, 0.3) is 0 Å². The normalized spacial score (nSPS) is 27.7. The zero-order chi connectivity index (χ0) is 14.8. The third-order valence-corrected chi connectivity index (χ3v) is 6.49. The third kappa shape index (κ3) is 3.23. The highest BCUT2D eigenvalue weighted by Gasteiger charge is 2.38. The summed E-state index contributed by atoms with van der Waals surface area (Å²) in [7, 11) is 0. The van der Waals surface area contributed by atoms with Crippen LogP contribution in [0.2, 0.25) is 0 Å². The van der Waals surface area contributed by atoms with Gasteiger partial charge in [-0.15, -0.1) is 11.3 Å². The van der Waals surface area contributed by atoms with Gasteiger partial charge in [0.1, 0.15) is 5.01 Å². The molecule has 1 atom stereocenters. The molecule has 5 heteroatoms. The predicted molar refractivity (Wildman–Crippen MR) is 87.4 cm³/mol. The van der Waals surface area contributed by atoms with Crippen LogP contribution in [0.5, 0.6) is 0 Å². The van der Waals surface area contributed by atoms with E-state index in [4.69, 9.17) is 14.5 Å². The molecule has 0 unspecified atom stereocenters. The van der Waals surface area contributed by atoms with Crippen LogP contribution in [0.3, 0.4) is 0 Å². The number of nitrogens with one attached hydrogen (secondary N) is 1. The lowest BCUT2D eigenvalue weighted by atomic mass is 9.84. The molecule has 1 spiro atoms. The van der Waals surface area contributed by atoms with E-state index in [9.17, 15) is 0 Å². The van der Waals surface area contributed by atoms with Crippen molar-refractivity contribution >= 4 is 11.3 Å². The molecule has 0 radical (unpaired) electrons. The van der Waals surface area contributed by atoms with Gasteiger partial charge in [-0.05, 0) is 51.4 Å². The maximum absolute atomic E-state index is 6.12. The summed E-state index contributed by atoms with van der Waals surface area (Å²) in [5.41, 5.74) is 1.46. The summed E-state index contributed by atoms with van der Waals surface area (Å²) in [5, 5.41) is 5.02. The molecule has 2 saturated heterocycles. The van der Waals surface area contributed by atoms with Crippen LogP contribution >= 0.6 is 11.3 Å². The van der Waals surface area contributed by atoms with Crippen molar-refractivity contribution < 1.29 is 9.47 Å². The second-order valence-corrected chi connectivity index (χ2v) is 8.07. The van der Waals surface area contributed by atoms with Crippen molar-refractivity contribution in [3.63, 3.8) is 0 Å². The van der Waals surface area contributed by atoms with Gasteiger partial charge in [0.15, 0.2) is 0 Å². The molecule has 4 rings (SSSR count). The molecule has 2 aliphatic heterocycles. The molecule has 2 fully saturated rings. The maximum Gasteiger partial charge on any atom is 0.107 e. The van der Waals surface area contributed by atoms with Gasteiger partial charge in [0.2, 0.25) is 0 Å². The van der Waals surface area contributed by atoms with Crippen molar-refractivity contribution in [1.82, 2.24) is 10.3 Å². The summed E-state index contributed by atoms with van der Waals surface area (Å²) in [4.78, 5) is 6.38. The van der Waals surface area contributed by atoms with E-state index in [1.807, 2.05) is 11.3 Å². The quantitative estimate of drug-likeness (QED) is 0.929. The molecule has 1 aromatic heterocycles. The fourth-order valence-electron chi connectivity index (χ4n) is 4.01. The van der Waals surface area contributed by atoms with Crippen LogP contribution in [-0.2, 0) is 28.9 Å². The number of hydrogen-bond acceptors (Lipinski definition) is 5. The summed E-state index contributed by atoms with van der Waals surface area (Å²) >= 11 is 1.93. The van der Waals surface area contributed by atoms with Crippen molar-refractivity contribution in [1.29, 1.82) is 0 Å². The number of fused-ring (bicyclic) bond motifs is 1. The highest BCUT2D eigenvalue weighted by Crippen LogP contribution is 2.34. The molecule has 22 heavy (non-hydrogen) atoms. The topological polar surface area (TPSA) is 43.4 Å². The lowest BCUT2D eigenvalue weighted by Gasteiger charge is -2.43. The van der Waals surface area contributed by atoms with E-state index in [1.165, 1.54) is 41.3 Å².